The molecule has 0 radical (unpaired) electrons. The van der Waals surface area contributed by atoms with Crippen LogP contribution in [0.5, 0.6) is 0 Å². The number of carboxylic acids is 2. The van der Waals surface area contributed by atoms with E-state index in [1.807, 2.05) is 0 Å². The van der Waals surface area contributed by atoms with Crippen LogP contribution in [-0.2, 0) is 24.0 Å². The average Bonchev–Trinajstić information content (AvgIpc) is 2.65. The lowest BCUT2D eigenvalue weighted by atomic mass is 10.0. The van der Waals surface area contributed by atoms with E-state index in [2.05, 4.69) is 28.6 Å². The van der Waals surface area contributed by atoms with Gasteiger partial charge in [-0.05, 0) is 19.3 Å². The minimum absolute atomic E-state index is 0.236. The van der Waals surface area contributed by atoms with E-state index in [-0.39, 0.29) is 18.1 Å². The van der Waals surface area contributed by atoms with Crippen molar-refractivity contribution in [3.8, 4) is 0 Å². The van der Waals surface area contributed by atoms with Crippen LogP contribution in [0.15, 0.2) is 0 Å². The first-order valence-electron chi connectivity index (χ1n) is 9.22. The first-order chi connectivity index (χ1) is 13.8. The molecule has 0 spiro atoms. The molecule has 0 aromatic heterocycles. The van der Waals surface area contributed by atoms with Crippen molar-refractivity contribution in [3.05, 3.63) is 0 Å². The number of thiol groups is 1. The summed E-state index contributed by atoms with van der Waals surface area (Å²) >= 11 is 3.82. The van der Waals surface area contributed by atoms with E-state index >= 15 is 0 Å². The fourth-order valence-electron chi connectivity index (χ4n) is 2.21. The number of hydrogen-bond acceptors (Lipinski definition) is 8. The average molecular weight is 451 g/mol. The number of rotatable bonds is 13. The number of amides is 3. The van der Waals surface area contributed by atoms with E-state index in [0.717, 1.165) is 0 Å². The molecule has 0 aliphatic heterocycles. The molecule has 0 rings (SSSR count). The molecule has 12 nitrogen and oxygen atoms in total. The van der Waals surface area contributed by atoms with Crippen molar-refractivity contribution in [2.75, 3.05) is 5.75 Å². The number of aliphatic hydroxyl groups is 1. The molecule has 13 heteroatoms. The number of aliphatic carboxylic acids is 2. The molecule has 0 aromatic rings. The van der Waals surface area contributed by atoms with Crippen molar-refractivity contribution in [1.82, 2.24) is 16.0 Å². The predicted octanol–water partition coefficient (Wildman–Crippen LogP) is -2.32. The lowest BCUT2D eigenvalue weighted by Gasteiger charge is -2.26. The Balaban J connectivity index is 5.42. The molecule has 0 aromatic carbocycles. The molecule has 5 atom stereocenters. The van der Waals surface area contributed by atoms with Gasteiger partial charge in [0.15, 0.2) is 0 Å². The number of carbonyl (C=O) groups is 5. The van der Waals surface area contributed by atoms with E-state index in [4.69, 9.17) is 15.9 Å². The SMILES string of the molecule is CC(C)C(N)C(=O)NC(C(=O)NC(CCC(=O)O)C(=O)NC(CS)C(=O)O)C(C)O. The number of aliphatic hydroxyl groups excluding tert-OH is 1. The molecule has 5 unspecified atom stereocenters. The maximum atomic E-state index is 12.6. The number of hydrogen-bond donors (Lipinski definition) is 8. The Hall–Kier alpha value is -2.38. The van der Waals surface area contributed by atoms with Gasteiger partial charge in [-0.2, -0.15) is 12.6 Å². The lowest BCUT2D eigenvalue weighted by Crippen LogP contribution is -2.60. The van der Waals surface area contributed by atoms with Crippen molar-refractivity contribution in [2.24, 2.45) is 11.7 Å². The number of carboxylic acid groups (broad SMARTS) is 2. The van der Waals surface area contributed by atoms with Gasteiger partial charge in [-0.1, -0.05) is 13.8 Å². The number of nitrogens with two attached hydrogens (primary N) is 1. The molecule has 172 valence electrons. The summed E-state index contributed by atoms with van der Waals surface area (Å²) in [5.74, 6) is -5.68. The Labute approximate surface area is 179 Å². The molecular formula is C17H30N4O8S. The molecule has 0 saturated carbocycles. The first kappa shape index (κ1) is 27.6. The topological polar surface area (TPSA) is 208 Å². The fourth-order valence-corrected chi connectivity index (χ4v) is 2.46. The molecule has 0 saturated heterocycles. The van der Waals surface area contributed by atoms with E-state index in [1.54, 1.807) is 13.8 Å². The largest absolute Gasteiger partial charge is 0.481 e. The summed E-state index contributed by atoms with van der Waals surface area (Å²) in [5, 5.41) is 34.5. The highest BCUT2D eigenvalue weighted by molar-refractivity contribution is 7.80. The maximum absolute atomic E-state index is 12.6. The van der Waals surface area contributed by atoms with Crippen LogP contribution in [0.25, 0.3) is 0 Å². The third-order valence-electron chi connectivity index (χ3n) is 4.16. The molecule has 0 aliphatic carbocycles. The Morgan fingerprint density at radius 1 is 0.900 bits per heavy atom. The van der Waals surface area contributed by atoms with Gasteiger partial charge in [0, 0.05) is 12.2 Å². The second-order valence-electron chi connectivity index (χ2n) is 7.07. The van der Waals surface area contributed by atoms with Crippen LogP contribution >= 0.6 is 12.6 Å². The zero-order valence-corrected chi connectivity index (χ0v) is 17.9. The smallest absolute Gasteiger partial charge is 0.327 e. The van der Waals surface area contributed by atoms with Crippen molar-refractivity contribution in [3.63, 3.8) is 0 Å². The molecule has 0 bridgehead atoms. The summed E-state index contributed by atoms with van der Waals surface area (Å²) in [7, 11) is 0. The van der Waals surface area contributed by atoms with Crippen LogP contribution in [0.4, 0.5) is 0 Å². The zero-order valence-electron chi connectivity index (χ0n) is 17.0. The van der Waals surface area contributed by atoms with Crippen LogP contribution in [-0.4, -0.2) is 81.0 Å². The van der Waals surface area contributed by atoms with E-state index in [9.17, 15) is 29.1 Å². The van der Waals surface area contributed by atoms with Crippen molar-refractivity contribution >= 4 is 42.3 Å². The highest BCUT2D eigenvalue weighted by Gasteiger charge is 2.32. The zero-order chi connectivity index (χ0) is 23.6. The second kappa shape index (κ2) is 13.0. The van der Waals surface area contributed by atoms with Crippen molar-refractivity contribution in [1.29, 1.82) is 0 Å². The van der Waals surface area contributed by atoms with Crippen LogP contribution in [0, 0.1) is 5.92 Å². The monoisotopic (exact) mass is 450 g/mol. The molecule has 0 fully saturated rings. The quantitative estimate of drug-likeness (QED) is 0.141. The molecule has 30 heavy (non-hydrogen) atoms. The fraction of sp³-hybridized carbons (Fsp3) is 0.706. The van der Waals surface area contributed by atoms with E-state index < -0.39 is 66.4 Å². The molecule has 0 heterocycles. The molecule has 3 amide bonds. The number of nitrogens with one attached hydrogen (secondary N) is 3. The van der Waals surface area contributed by atoms with Gasteiger partial charge in [0.05, 0.1) is 12.1 Å². The van der Waals surface area contributed by atoms with Crippen LogP contribution in [0.1, 0.15) is 33.6 Å². The van der Waals surface area contributed by atoms with Crippen LogP contribution in [0.3, 0.4) is 0 Å². The Bertz CT molecular complexity index is 643. The Morgan fingerprint density at radius 2 is 1.43 bits per heavy atom. The standard InChI is InChI=1S/C17H30N4O8S/c1-7(2)12(18)15(26)21-13(8(3)22)16(27)19-9(4-5-11(23)24)14(25)20-10(6-30)17(28)29/h7-10,12-13,22,30H,4-6,18H2,1-3H3,(H,19,27)(H,20,25)(H,21,26)(H,23,24)(H,28,29). The van der Waals surface area contributed by atoms with Gasteiger partial charge >= 0.3 is 11.9 Å². The second-order valence-corrected chi connectivity index (χ2v) is 7.44. The highest BCUT2D eigenvalue weighted by atomic mass is 32.1. The highest BCUT2D eigenvalue weighted by Crippen LogP contribution is 2.04. The van der Waals surface area contributed by atoms with Crippen LogP contribution in [0.2, 0.25) is 0 Å². The summed E-state index contributed by atoms with van der Waals surface area (Å²) in [6, 6.07) is -5.20. The summed E-state index contributed by atoms with van der Waals surface area (Å²) in [5.41, 5.74) is 5.72. The van der Waals surface area contributed by atoms with E-state index in [1.165, 1.54) is 6.92 Å². The summed E-state index contributed by atoms with van der Waals surface area (Å²) in [6.07, 6.45) is -2.21. The van der Waals surface area contributed by atoms with Gasteiger partial charge in [-0.15, -0.1) is 0 Å². The first-order valence-corrected chi connectivity index (χ1v) is 9.85. The minimum atomic E-state index is -1.47. The summed E-state index contributed by atoms with van der Waals surface area (Å²) < 4.78 is 0. The van der Waals surface area contributed by atoms with Crippen molar-refractivity contribution < 1.29 is 39.3 Å². The molecular weight excluding hydrogens is 420 g/mol. The van der Waals surface area contributed by atoms with Gasteiger partial charge in [0.25, 0.3) is 0 Å². The summed E-state index contributed by atoms with van der Waals surface area (Å²) in [6.45, 7) is 4.61. The number of carbonyl (C=O) groups excluding carboxylic acids is 3. The lowest BCUT2D eigenvalue weighted by molar-refractivity contribution is -0.142. The van der Waals surface area contributed by atoms with Crippen molar-refractivity contribution in [2.45, 2.75) is 63.9 Å². The van der Waals surface area contributed by atoms with Gasteiger partial charge in [0.1, 0.15) is 18.1 Å². The van der Waals surface area contributed by atoms with Crippen LogP contribution < -0.4 is 21.7 Å². The predicted molar refractivity (Wildman–Crippen MR) is 109 cm³/mol. The van der Waals surface area contributed by atoms with Gasteiger partial charge in [0.2, 0.25) is 17.7 Å². The van der Waals surface area contributed by atoms with Gasteiger partial charge < -0.3 is 37.0 Å². The maximum Gasteiger partial charge on any atom is 0.327 e. The van der Waals surface area contributed by atoms with Gasteiger partial charge in [-0.25, -0.2) is 4.79 Å². The van der Waals surface area contributed by atoms with E-state index in [0.29, 0.717) is 0 Å². The third-order valence-corrected chi connectivity index (χ3v) is 4.53. The molecule has 0 aliphatic rings. The molecule has 8 N–H and O–H groups in total. The van der Waals surface area contributed by atoms with Gasteiger partial charge in [-0.3, -0.25) is 19.2 Å². The summed E-state index contributed by atoms with van der Waals surface area (Å²) in [4.78, 5) is 59.0. The Kier molecular flexibility index (Phi) is 12.0. The Morgan fingerprint density at radius 3 is 1.83 bits per heavy atom. The third kappa shape index (κ3) is 9.41. The minimum Gasteiger partial charge on any atom is -0.481 e. The normalized spacial score (nSPS) is 16.0.